The van der Waals surface area contributed by atoms with Gasteiger partial charge >= 0.3 is 5.97 Å². The van der Waals surface area contributed by atoms with Gasteiger partial charge in [-0.25, -0.2) is 4.79 Å². The lowest BCUT2D eigenvalue weighted by Crippen LogP contribution is -2.61. The highest BCUT2D eigenvalue weighted by Gasteiger charge is 2.48. The number of aliphatic hydroxyl groups is 3. The maximum Gasteiger partial charge on any atom is 0.335 e. The number of carboxylic acids is 1. The van der Waals surface area contributed by atoms with E-state index in [-0.39, 0.29) is 16.7 Å². The van der Waals surface area contributed by atoms with Gasteiger partial charge in [0, 0.05) is 17.7 Å². The summed E-state index contributed by atoms with van der Waals surface area (Å²) in [6, 6.07) is 10.8. The molecule has 5 atom stereocenters. The zero-order valence-corrected chi connectivity index (χ0v) is 16.2. The largest absolute Gasteiger partial charge is 0.504 e. The fraction of sp³-hybridized carbons (Fsp3) is 0.238. The lowest BCUT2D eigenvalue weighted by Gasteiger charge is -2.38. The fourth-order valence-corrected chi connectivity index (χ4v) is 3.38. The molecule has 1 fully saturated rings. The van der Waals surface area contributed by atoms with Crippen molar-refractivity contribution in [1.29, 1.82) is 0 Å². The Morgan fingerprint density at radius 2 is 1.62 bits per heavy atom. The van der Waals surface area contributed by atoms with Crippen molar-refractivity contribution in [3.63, 3.8) is 0 Å². The summed E-state index contributed by atoms with van der Waals surface area (Å²) in [7, 11) is 0. The Morgan fingerprint density at radius 3 is 2.28 bits per heavy atom. The third kappa shape index (κ3) is 3.63. The zero-order chi connectivity index (χ0) is 23.2. The van der Waals surface area contributed by atoms with E-state index in [1.165, 1.54) is 0 Å². The van der Waals surface area contributed by atoms with Crippen LogP contribution < -0.4 is 10.2 Å². The molecule has 6 N–H and O–H groups in total. The Kier molecular flexibility index (Phi) is 5.48. The summed E-state index contributed by atoms with van der Waals surface area (Å²) in [6.07, 6.45) is -9.56. The van der Waals surface area contributed by atoms with E-state index < -0.39 is 59.4 Å². The number of ether oxygens (including phenoxy) is 2. The predicted molar refractivity (Wildman–Crippen MR) is 106 cm³/mol. The Labute approximate surface area is 178 Å². The smallest absolute Gasteiger partial charge is 0.335 e. The van der Waals surface area contributed by atoms with E-state index in [1.807, 2.05) is 0 Å². The van der Waals surface area contributed by atoms with Crippen LogP contribution in [0.1, 0.15) is 0 Å². The number of hydrogen-bond donors (Lipinski definition) is 6. The molecule has 0 spiro atoms. The first-order valence-corrected chi connectivity index (χ1v) is 9.36. The van der Waals surface area contributed by atoms with Crippen LogP contribution in [-0.2, 0) is 9.53 Å². The van der Waals surface area contributed by atoms with Gasteiger partial charge in [0.1, 0.15) is 35.0 Å². The van der Waals surface area contributed by atoms with Crippen molar-refractivity contribution in [2.75, 3.05) is 0 Å². The monoisotopic (exact) mass is 446 g/mol. The molecule has 1 aliphatic heterocycles. The van der Waals surface area contributed by atoms with Gasteiger partial charge in [-0.05, 0) is 0 Å². The van der Waals surface area contributed by atoms with Gasteiger partial charge in [-0.1, -0.05) is 30.3 Å². The van der Waals surface area contributed by atoms with Gasteiger partial charge < -0.3 is 44.5 Å². The van der Waals surface area contributed by atoms with E-state index in [0.717, 1.165) is 12.1 Å². The summed E-state index contributed by atoms with van der Waals surface area (Å²) in [4.78, 5) is 23.8. The fourth-order valence-electron chi connectivity index (χ4n) is 3.38. The van der Waals surface area contributed by atoms with E-state index in [0.29, 0.717) is 5.56 Å². The number of benzene rings is 2. The molecule has 1 aliphatic rings. The van der Waals surface area contributed by atoms with Crippen molar-refractivity contribution in [1.82, 2.24) is 0 Å². The van der Waals surface area contributed by atoms with E-state index in [9.17, 15) is 35.1 Å². The molecule has 32 heavy (non-hydrogen) atoms. The Balaban J connectivity index is 1.77. The quantitative estimate of drug-likeness (QED) is 0.299. The minimum absolute atomic E-state index is 0.164. The molecule has 2 aromatic carbocycles. The van der Waals surface area contributed by atoms with Crippen LogP contribution in [0.4, 0.5) is 0 Å². The van der Waals surface area contributed by atoms with Gasteiger partial charge in [0.25, 0.3) is 0 Å². The van der Waals surface area contributed by atoms with Gasteiger partial charge in [0.05, 0.1) is 0 Å². The highest BCUT2D eigenvalue weighted by Crippen LogP contribution is 2.42. The van der Waals surface area contributed by atoms with Crippen molar-refractivity contribution in [2.45, 2.75) is 30.7 Å². The standard InChI is InChI=1S/C21H18O11/c22-9-6-10(8-4-2-1-3-5-8)30-11-7-12(14(23)15(24)13(9)11)31-21-18(27)16(25)17(26)19(32-21)20(28)29/h1-7,16-19,21,23-27H,(H,28,29)/t16-,17+,18-,19+,21+/m1/s1. The lowest BCUT2D eigenvalue weighted by molar-refractivity contribution is -0.271. The average Bonchev–Trinajstić information content (AvgIpc) is 2.77. The average molecular weight is 446 g/mol. The number of aliphatic hydroxyl groups excluding tert-OH is 3. The number of aromatic hydroxyl groups is 2. The first-order chi connectivity index (χ1) is 15.2. The van der Waals surface area contributed by atoms with Gasteiger partial charge in [-0.15, -0.1) is 0 Å². The lowest BCUT2D eigenvalue weighted by atomic mass is 9.99. The number of fused-ring (bicyclic) bond motifs is 1. The molecule has 1 saturated heterocycles. The SMILES string of the molecule is O=C(O)[C@H]1O[C@H](Oc2cc3oc(-c4ccccc4)cc(=O)c3c(O)c2O)[C@H](O)[C@H](O)[C@@H]1O. The number of hydrogen-bond acceptors (Lipinski definition) is 10. The topological polar surface area (TPSA) is 187 Å². The molecule has 2 heterocycles. The highest BCUT2D eigenvalue weighted by atomic mass is 16.7. The first-order valence-electron chi connectivity index (χ1n) is 9.36. The molecule has 11 nitrogen and oxygen atoms in total. The summed E-state index contributed by atoms with van der Waals surface area (Å²) in [5.41, 5.74) is -0.265. The van der Waals surface area contributed by atoms with Crippen molar-refractivity contribution >= 4 is 16.9 Å². The molecule has 0 unspecified atom stereocenters. The maximum absolute atomic E-state index is 12.5. The second kappa shape index (κ2) is 8.13. The normalized spacial score (nSPS) is 25.5. The molecule has 0 saturated carbocycles. The number of carboxylic acid groups (broad SMARTS) is 1. The van der Waals surface area contributed by atoms with Gasteiger partial charge in [0.15, 0.2) is 23.0 Å². The van der Waals surface area contributed by atoms with Crippen LogP contribution >= 0.6 is 0 Å². The van der Waals surface area contributed by atoms with Crippen molar-refractivity contribution in [3.8, 4) is 28.6 Å². The van der Waals surface area contributed by atoms with Crippen LogP contribution in [0, 0.1) is 0 Å². The van der Waals surface area contributed by atoms with Crippen LogP contribution in [0.15, 0.2) is 51.7 Å². The molecule has 4 rings (SSSR count). The molecule has 11 heteroatoms. The molecule has 0 amide bonds. The minimum Gasteiger partial charge on any atom is -0.504 e. The highest BCUT2D eigenvalue weighted by molar-refractivity contribution is 5.89. The van der Waals surface area contributed by atoms with Crippen LogP contribution in [-0.4, -0.2) is 67.3 Å². The summed E-state index contributed by atoms with van der Waals surface area (Å²) in [6.45, 7) is 0. The molecule has 3 aromatic rings. The third-order valence-electron chi connectivity index (χ3n) is 5.05. The van der Waals surface area contributed by atoms with E-state index in [4.69, 9.17) is 19.0 Å². The molecule has 0 bridgehead atoms. The van der Waals surface area contributed by atoms with Crippen LogP contribution in [0.5, 0.6) is 17.2 Å². The van der Waals surface area contributed by atoms with Gasteiger partial charge in [0.2, 0.25) is 12.0 Å². The van der Waals surface area contributed by atoms with E-state index in [1.54, 1.807) is 30.3 Å². The van der Waals surface area contributed by atoms with E-state index in [2.05, 4.69) is 0 Å². The molecule has 0 radical (unpaired) electrons. The summed E-state index contributed by atoms with van der Waals surface area (Å²) < 4.78 is 16.0. The summed E-state index contributed by atoms with van der Waals surface area (Å²) in [5, 5.41) is 59.2. The second-order valence-electron chi connectivity index (χ2n) is 7.14. The Hall–Kier alpha value is -3.64. The maximum atomic E-state index is 12.5. The molecule has 0 aliphatic carbocycles. The number of carbonyl (C=O) groups is 1. The van der Waals surface area contributed by atoms with Crippen LogP contribution in [0.3, 0.4) is 0 Å². The number of phenols is 2. The summed E-state index contributed by atoms with van der Waals surface area (Å²) >= 11 is 0. The molecule has 1 aromatic heterocycles. The Bertz CT molecular complexity index is 1220. The van der Waals surface area contributed by atoms with Crippen LogP contribution in [0.2, 0.25) is 0 Å². The van der Waals surface area contributed by atoms with Gasteiger partial charge in [-0.3, -0.25) is 4.79 Å². The molecular weight excluding hydrogens is 428 g/mol. The third-order valence-corrected chi connectivity index (χ3v) is 5.05. The second-order valence-corrected chi connectivity index (χ2v) is 7.14. The number of phenolic OH excluding ortho intramolecular Hbond substituents is 2. The zero-order valence-electron chi connectivity index (χ0n) is 16.2. The molecular formula is C21H18O11. The minimum atomic E-state index is -1.94. The summed E-state index contributed by atoms with van der Waals surface area (Å²) in [5.74, 6) is -3.76. The van der Waals surface area contributed by atoms with Crippen molar-refractivity contribution < 1.29 is 49.3 Å². The molecule has 168 valence electrons. The number of rotatable bonds is 4. The predicted octanol–water partition coefficient (Wildman–Crippen LogP) is 0.142. The van der Waals surface area contributed by atoms with Gasteiger partial charge in [-0.2, -0.15) is 0 Å². The van der Waals surface area contributed by atoms with Crippen molar-refractivity contribution in [3.05, 3.63) is 52.7 Å². The Morgan fingerprint density at radius 1 is 0.938 bits per heavy atom. The van der Waals surface area contributed by atoms with Crippen molar-refractivity contribution in [2.24, 2.45) is 0 Å². The number of aliphatic carboxylic acids is 1. The van der Waals surface area contributed by atoms with E-state index >= 15 is 0 Å². The first kappa shape index (κ1) is 21.6. The van der Waals surface area contributed by atoms with Crippen LogP contribution in [0.25, 0.3) is 22.3 Å².